The molecule has 0 aliphatic carbocycles. The Kier molecular flexibility index (Phi) is 4.89. The Hall–Kier alpha value is -2.41. The van der Waals surface area contributed by atoms with Crippen molar-refractivity contribution in [1.29, 1.82) is 0 Å². The summed E-state index contributed by atoms with van der Waals surface area (Å²) in [7, 11) is 3.65. The van der Waals surface area contributed by atoms with Crippen LogP contribution in [0.5, 0.6) is 0 Å². The number of hydrogen-bond donors (Lipinski definition) is 3. The van der Waals surface area contributed by atoms with Crippen molar-refractivity contribution in [3.63, 3.8) is 0 Å². The number of anilines is 3. The first-order chi connectivity index (χ1) is 10.1. The largest absolute Gasteiger partial charge is 0.394 e. The number of nitrogens with one attached hydrogen (secondary N) is 1. The van der Waals surface area contributed by atoms with Gasteiger partial charge in [0.25, 0.3) is 0 Å². The van der Waals surface area contributed by atoms with Gasteiger partial charge in [-0.15, -0.1) is 0 Å². The van der Waals surface area contributed by atoms with Crippen LogP contribution in [0.1, 0.15) is 5.56 Å². The second-order valence-corrected chi connectivity index (χ2v) is 4.93. The molecule has 0 amide bonds. The molecule has 21 heavy (non-hydrogen) atoms. The topological polar surface area (TPSA) is 100 Å². The van der Waals surface area contributed by atoms with Crippen LogP contribution in [0, 0.1) is 0 Å². The smallest absolute Gasteiger partial charge is 0.231 e. The van der Waals surface area contributed by atoms with Crippen molar-refractivity contribution in [2.45, 2.75) is 12.5 Å². The Balaban J connectivity index is 2.11. The van der Waals surface area contributed by atoms with Gasteiger partial charge in [0.2, 0.25) is 17.8 Å². The maximum absolute atomic E-state index is 9.52. The van der Waals surface area contributed by atoms with Crippen LogP contribution in [-0.2, 0) is 6.42 Å². The lowest BCUT2D eigenvalue weighted by Gasteiger charge is -2.18. The molecule has 112 valence electrons. The van der Waals surface area contributed by atoms with Gasteiger partial charge in [-0.3, -0.25) is 0 Å². The van der Waals surface area contributed by atoms with Crippen LogP contribution in [0.3, 0.4) is 0 Å². The highest BCUT2D eigenvalue weighted by molar-refractivity contribution is 5.41. The van der Waals surface area contributed by atoms with Gasteiger partial charge < -0.3 is 21.1 Å². The summed E-state index contributed by atoms with van der Waals surface area (Å²) in [6.07, 6.45) is 0.667. The molecule has 7 nitrogen and oxygen atoms in total. The zero-order valence-corrected chi connectivity index (χ0v) is 12.2. The molecular formula is C14H20N6O. The van der Waals surface area contributed by atoms with E-state index < -0.39 is 0 Å². The molecule has 1 unspecified atom stereocenters. The van der Waals surface area contributed by atoms with Crippen molar-refractivity contribution in [1.82, 2.24) is 15.0 Å². The first kappa shape index (κ1) is 15.0. The van der Waals surface area contributed by atoms with Crippen molar-refractivity contribution in [2.24, 2.45) is 0 Å². The van der Waals surface area contributed by atoms with E-state index in [0.29, 0.717) is 18.3 Å². The van der Waals surface area contributed by atoms with Crippen LogP contribution in [-0.4, -0.2) is 46.8 Å². The van der Waals surface area contributed by atoms with Crippen LogP contribution in [0.15, 0.2) is 30.3 Å². The first-order valence-electron chi connectivity index (χ1n) is 6.68. The van der Waals surface area contributed by atoms with E-state index in [1.165, 1.54) is 0 Å². The summed E-state index contributed by atoms with van der Waals surface area (Å²) in [6, 6.07) is 9.73. The third-order valence-corrected chi connectivity index (χ3v) is 2.92. The summed E-state index contributed by atoms with van der Waals surface area (Å²) in [5.41, 5.74) is 6.80. The van der Waals surface area contributed by atoms with Crippen molar-refractivity contribution < 1.29 is 5.11 Å². The van der Waals surface area contributed by atoms with Crippen LogP contribution in [0.25, 0.3) is 0 Å². The number of aliphatic hydroxyl groups is 1. The van der Waals surface area contributed by atoms with Gasteiger partial charge in [-0.2, -0.15) is 15.0 Å². The van der Waals surface area contributed by atoms with E-state index in [1.807, 2.05) is 44.4 Å². The van der Waals surface area contributed by atoms with E-state index in [0.717, 1.165) is 5.56 Å². The molecule has 7 heteroatoms. The first-order valence-corrected chi connectivity index (χ1v) is 6.68. The third-order valence-electron chi connectivity index (χ3n) is 2.92. The number of nitrogen functional groups attached to an aromatic ring is 1. The van der Waals surface area contributed by atoms with Crippen molar-refractivity contribution in [3.8, 4) is 0 Å². The van der Waals surface area contributed by atoms with Crippen molar-refractivity contribution >= 4 is 17.8 Å². The minimum atomic E-state index is -0.191. The molecule has 0 aliphatic rings. The minimum absolute atomic E-state index is 0.0300. The van der Waals surface area contributed by atoms with Crippen molar-refractivity contribution in [3.05, 3.63) is 35.9 Å². The van der Waals surface area contributed by atoms with Gasteiger partial charge in [0, 0.05) is 14.1 Å². The molecule has 1 heterocycles. The minimum Gasteiger partial charge on any atom is -0.394 e. The zero-order valence-electron chi connectivity index (χ0n) is 12.2. The molecule has 1 aromatic heterocycles. The Labute approximate surface area is 123 Å². The average molecular weight is 288 g/mol. The molecule has 0 spiro atoms. The second kappa shape index (κ2) is 6.85. The Morgan fingerprint density at radius 2 is 1.90 bits per heavy atom. The van der Waals surface area contributed by atoms with E-state index in [-0.39, 0.29) is 18.6 Å². The van der Waals surface area contributed by atoms with E-state index in [4.69, 9.17) is 5.73 Å². The van der Waals surface area contributed by atoms with Crippen LogP contribution in [0.4, 0.5) is 17.8 Å². The predicted molar refractivity (Wildman–Crippen MR) is 83.2 cm³/mol. The van der Waals surface area contributed by atoms with Crippen LogP contribution < -0.4 is 16.0 Å². The van der Waals surface area contributed by atoms with Gasteiger partial charge in [0.1, 0.15) is 0 Å². The SMILES string of the molecule is CN(C)c1nc(N)nc(NC(CO)Cc2ccccc2)n1. The van der Waals surface area contributed by atoms with Gasteiger partial charge in [0.05, 0.1) is 12.6 Å². The molecule has 4 N–H and O–H groups in total. The molecule has 0 aliphatic heterocycles. The number of hydrogen-bond acceptors (Lipinski definition) is 7. The molecule has 0 radical (unpaired) electrons. The summed E-state index contributed by atoms with van der Waals surface area (Å²) in [4.78, 5) is 14.1. The number of nitrogens with two attached hydrogens (primary N) is 1. The summed E-state index contributed by atoms with van der Waals surface area (Å²) < 4.78 is 0. The summed E-state index contributed by atoms with van der Waals surface area (Å²) in [5.74, 6) is 0.982. The van der Waals surface area contributed by atoms with Gasteiger partial charge in [-0.05, 0) is 12.0 Å². The normalized spacial score (nSPS) is 12.0. The summed E-state index contributed by atoms with van der Waals surface area (Å²) in [5, 5.41) is 12.6. The predicted octanol–water partition coefficient (Wildman–Crippen LogP) is 0.535. The van der Waals surface area contributed by atoms with Gasteiger partial charge in [0.15, 0.2) is 0 Å². The van der Waals surface area contributed by atoms with Crippen molar-refractivity contribution in [2.75, 3.05) is 36.7 Å². The number of rotatable bonds is 6. The van der Waals surface area contributed by atoms with Crippen LogP contribution in [0.2, 0.25) is 0 Å². The Morgan fingerprint density at radius 3 is 2.52 bits per heavy atom. The summed E-state index contributed by atoms with van der Waals surface area (Å²) >= 11 is 0. The quantitative estimate of drug-likeness (QED) is 0.713. The highest BCUT2D eigenvalue weighted by atomic mass is 16.3. The lowest BCUT2D eigenvalue weighted by atomic mass is 10.1. The van der Waals surface area contributed by atoms with Crippen LogP contribution >= 0.6 is 0 Å². The maximum Gasteiger partial charge on any atom is 0.231 e. The maximum atomic E-state index is 9.52. The monoisotopic (exact) mass is 288 g/mol. The fraction of sp³-hybridized carbons (Fsp3) is 0.357. The standard InChI is InChI=1S/C14H20N6O/c1-20(2)14-18-12(15)17-13(19-14)16-11(9-21)8-10-6-4-3-5-7-10/h3-7,11,21H,8-9H2,1-2H3,(H3,15,16,17,18,19). The lowest BCUT2D eigenvalue weighted by Crippen LogP contribution is -2.28. The van der Waals surface area contributed by atoms with E-state index in [1.54, 1.807) is 4.90 Å². The van der Waals surface area contributed by atoms with E-state index >= 15 is 0 Å². The Bertz CT molecular complexity index is 575. The molecule has 0 fully saturated rings. The molecule has 0 saturated heterocycles. The van der Waals surface area contributed by atoms with E-state index in [2.05, 4.69) is 20.3 Å². The fourth-order valence-corrected chi connectivity index (χ4v) is 1.89. The van der Waals surface area contributed by atoms with Gasteiger partial charge >= 0.3 is 0 Å². The molecular weight excluding hydrogens is 268 g/mol. The molecule has 2 rings (SSSR count). The summed E-state index contributed by atoms with van der Waals surface area (Å²) in [6.45, 7) is -0.0300. The molecule has 2 aromatic rings. The number of benzene rings is 1. The highest BCUT2D eigenvalue weighted by Gasteiger charge is 2.12. The van der Waals surface area contributed by atoms with E-state index in [9.17, 15) is 5.11 Å². The molecule has 1 aromatic carbocycles. The molecule has 0 bridgehead atoms. The zero-order chi connectivity index (χ0) is 15.2. The lowest BCUT2D eigenvalue weighted by molar-refractivity contribution is 0.273. The fourth-order valence-electron chi connectivity index (χ4n) is 1.89. The average Bonchev–Trinajstić information content (AvgIpc) is 2.47. The second-order valence-electron chi connectivity index (χ2n) is 4.93. The van der Waals surface area contributed by atoms with Gasteiger partial charge in [-0.1, -0.05) is 30.3 Å². The molecule has 0 saturated carbocycles. The highest BCUT2D eigenvalue weighted by Crippen LogP contribution is 2.12. The molecule has 1 atom stereocenters. The number of aliphatic hydroxyl groups excluding tert-OH is 1. The van der Waals surface area contributed by atoms with Gasteiger partial charge in [-0.25, -0.2) is 0 Å². The Morgan fingerprint density at radius 1 is 1.19 bits per heavy atom. The third kappa shape index (κ3) is 4.28. The number of aromatic nitrogens is 3. The number of nitrogens with zero attached hydrogens (tertiary/aromatic N) is 4.